The zero-order valence-corrected chi connectivity index (χ0v) is 9.98. The van der Waals surface area contributed by atoms with E-state index in [1.165, 1.54) is 13.0 Å². The van der Waals surface area contributed by atoms with Crippen molar-refractivity contribution in [3.05, 3.63) is 12.7 Å². The molecule has 82 valence electrons. The summed E-state index contributed by atoms with van der Waals surface area (Å²) in [5.41, 5.74) is 0. The molecule has 0 heterocycles. The van der Waals surface area contributed by atoms with Gasteiger partial charge >= 0.3 is 12.8 Å². The van der Waals surface area contributed by atoms with Crippen LogP contribution in [0.5, 0.6) is 0 Å². The Morgan fingerprint density at radius 3 is 2.71 bits per heavy atom. The Bertz CT molecular complexity index is 251. The van der Waals surface area contributed by atoms with E-state index in [0.717, 1.165) is 10.8 Å². The Kier molecular flexibility index (Phi) is 6.55. The second-order valence-electron chi connectivity index (χ2n) is 2.22. The van der Waals surface area contributed by atoms with Gasteiger partial charge in [0.15, 0.2) is 0 Å². The van der Waals surface area contributed by atoms with Gasteiger partial charge in [-0.2, -0.15) is 0 Å². The maximum absolute atomic E-state index is 11.1. The van der Waals surface area contributed by atoms with Gasteiger partial charge in [-0.05, 0) is 6.92 Å². The second-order valence-corrected chi connectivity index (χ2v) is 8.05. The number of carbonyl (C=O) groups excluding carboxylic acids is 1. The van der Waals surface area contributed by atoms with Crippen molar-refractivity contribution in [2.24, 2.45) is 0 Å². The van der Waals surface area contributed by atoms with Gasteiger partial charge in [-0.3, -0.25) is 4.79 Å². The molecule has 0 aromatic heterocycles. The first kappa shape index (κ1) is 14.1. The van der Waals surface area contributed by atoms with Crippen molar-refractivity contribution >= 4 is 34.0 Å². The van der Waals surface area contributed by atoms with Crippen LogP contribution in [0.1, 0.15) is 6.92 Å². The largest absolute Gasteiger partial charge is 0.461 e. The van der Waals surface area contributed by atoms with E-state index < -0.39 is 18.0 Å². The molecule has 0 saturated heterocycles. The third-order valence-corrected chi connectivity index (χ3v) is 5.95. The Morgan fingerprint density at radius 2 is 2.29 bits per heavy atom. The molecule has 0 aromatic carbocycles. The molecular weight excluding hydrogens is 247 g/mol. The molecule has 0 spiro atoms. The molecule has 8 heteroatoms. The van der Waals surface area contributed by atoms with Gasteiger partial charge in [-0.25, -0.2) is 4.57 Å². The van der Waals surface area contributed by atoms with Gasteiger partial charge in [0.05, 0.1) is 0 Å². The van der Waals surface area contributed by atoms with Crippen LogP contribution in [0, 0.1) is 0 Å². The Hall–Kier alpha value is 0.0600. The quantitative estimate of drug-likeness (QED) is 0.324. The van der Waals surface area contributed by atoms with E-state index >= 15 is 0 Å². The van der Waals surface area contributed by atoms with E-state index in [1.807, 2.05) is 0 Å². The normalized spacial score (nSPS) is 13.4. The number of hydrogen-bond acceptors (Lipinski definition) is 5. The predicted octanol–water partition coefficient (Wildman–Crippen LogP) is 1.58. The van der Waals surface area contributed by atoms with Crippen molar-refractivity contribution in [1.82, 2.24) is 0 Å². The molecule has 14 heavy (non-hydrogen) atoms. The van der Waals surface area contributed by atoms with E-state index in [4.69, 9.17) is 9.79 Å². The average Bonchev–Trinajstić information content (AvgIpc) is 2.09. The molecule has 0 fully saturated rings. The third kappa shape index (κ3) is 7.46. The molecule has 0 aliphatic rings. The number of rotatable bonds is 6. The van der Waals surface area contributed by atoms with Crippen LogP contribution in [0.3, 0.4) is 0 Å². The molecule has 1 atom stereocenters. The van der Waals surface area contributed by atoms with Gasteiger partial charge in [-0.1, -0.05) is 23.4 Å². The predicted molar refractivity (Wildman–Crippen MR) is 57.8 cm³/mol. The molecule has 0 saturated carbocycles. The lowest BCUT2D eigenvalue weighted by Gasteiger charge is -2.09. The van der Waals surface area contributed by atoms with Crippen LogP contribution in [-0.4, -0.2) is 27.6 Å². The van der Waals surface area contributed by atoms with Crippen LogP contribution in [0.4, 0.5) is 0 Å². The van der Waals surface area contributed by atoms with Crippen LogP contribution in [0.15, 0.2) is 12.7 Å². The molecule has 0 radical (unpaired) electrons. The zero-order valence-electron chi connectivity index (χ0n) is 7.45. The number of carbonyl (C=O) groups is 1. The molecular formula is C6H11O5PS2. The Labute approximate surface area is 89.6 Å². The monoisotopic (exact) mass is 258 g/mol. The minimum atomic E-state index is -4.13. The molecule has 5 nitrogen and oxygen atoms in total. The average molecular weight is 258 g/mol. The van der Waals surface area contributed by atoms with E-state index in [1.54, 1.807) is 0 Å². The summed E-state index contributed by atoms with van der Waals surface area (Å²) in [4.78, 5) is 28.1. The van der Waals surface area contributed by atoms with Gasteiger partial charge in [0, 0.05) is 10.4 Å². The van der Waals surface area contributed by atoms with Gasteiger partial charge in [0.25, 0.3) is 0 Å². The topological polar surface area (TPSA) is 83.8 Å². The van der Waals surface area contributed by atoms with Gasteiger partial charge in [0.1, 0.15) is 11.9 Å². The molecule has 0 aliphatic carbocycles. The maximum atomic E-state index is 11.1. The standard InChI is InChI=1S/C6H11O5PS2/c1-3-4-11-6(7)5(2)13-14-12(8,9)10/h3,5H,1,4H2,2H3,(H2,8,9,10). The highest BCUT2D eigenvalue weighted by atomic mass is 33.3. The summed E-state index contributed by atoms with van der Waals surface area (Å²) in [6.45, 7) is 0.844. The summed E-state index contributed by atoms with van der Waals surface area (Å²) < 4.78 is 15.1. The van der Waals surface area contributed by atoms with Crippen molar-refractivity contribution in [1.29, 1.82) is 0 Å². The first-order valence-electron chi connectivity index (χ1n) is 3.55. The highest BCUT2D eigenvalue weighted by Crippen LogP contribution is 2.58. The summed E-state index contributed by atoms with van der Waals surface area (Å²) in [5.74, 6) is -0.518. The van der Waals surface area contributed by atoms with Crippen LogP contribution in [0.2, 0.25) is 0 Å². The second kappa shape index (κ2) is 6.53. The fraction of sp³-hybridized carbons (Fsp3) is 0.500. The van der Waals surface area contributed by atoms with Gasteiger partial charge in [0.2, 0.25) is 0 Å². The summed E-state index contributed by atoms with van der Waals surface area (Å²) in [7, 11) is 1.15. The summed E-state index contributed by atoms with van der Waals surface area (Å²) >= 11 is 0. The lowest BCUT2D eigenvalue weighted by Crippen LogP contribution is -2.15. The van der Waals surface area contributed by atoms with Gasteiger partial charge < -0.3 is 14.5 Å². The van der Waals surface area contributed by atoms with Crippen LogP contribution < -0.4 is 0 Å². The van der Waals surface area contributed by atoms with E-state index in [0.29, 0.717) is 10.4 Å². The minimum absolute atomic E-state index is 0.101. The fourth-order valence-electron chi connectivity index (χ4n) is 0.418. The number of ether oxygens (including phenoxy) is 1. The molecule has 2 N–H and O–H groups in total. The van der Waals surface area contributed by atoms with E-state index in [2.05, 4.69) is 11.3 Å². The highest BCUT2D eigenvalue weighted by molar-refractivity contribution is 8.98. The number of hydrogen-bond donors (Lipinski definition) is 2. The molecule has 0 aromatic rings. The SMILES string of the molecule is C=CCOC(=O)C(C)SSP(=O)(O)O. The summed E-state index contributed by atoms with van der Waals surface area (Å²) in [5, 5.41) is -0.618. The smallest absolute Gasteiger partial charge is 0.394 e. The number of esters is 1. The van der Waals surface area contributed by atoms with Crippen LogP contribution in [0.25, 0.3) is 0 Å². The van der Waals surface area contributed by atoms with Crippen LogP contribution in [-0.2, 0) is 14.1 Å². The lowest BCUT2D eigenvalue weighted by atomic mass is 10.5. The first-order valence-corrected chi connectivity index (χ1v) is 7.98. The molecule has 0 bridgehead atoms. The first-order chi connectivity index (χ1) is 6.37. The van der Waals surface area contributed by atoms with Crippen molar-refractivity contribution in [2.45, 2.75) is 12.2 Å². The third-order valence-electron chi connectivity index (χ3n) is 0.960. The van der Waals surface area contributed by atoms with Crippen LogP contribution >= 0.6 is 28.0 Å². The summed E-state index contributed by atoms with van der Waals surface area (Å²) in [6, 6.07) is 0. The highest BCUT2D eigenvalue weighted by Gasteiger charge is 2.21. The van der Waals surface area contributed by atoms with Crippen molar-refractivity contribution in [3.63, 3.8) is 0 Å². The van der Waals surface area contributed by atoms with Crippen molar-refractivity contribution in [3.8, 4) is 0 Å². The summed E-state index contributed by atoms with van der Waals surface area (Å²) in [6.07, 6.45) is 1.42. The molecule has 0 aliphatic heterocycles. The molecule has 0 rings (SSSR count). The minimum Gasteiger partial charge on any atom is -0.461 e. The Morgan fingerprint density at radius 1 is 1.71 bits per heavy atom. The zero-order chi connectivity index (χ0) is 11.2. The van der Waals surface area contributed by atoms with Crippen molar-refractivity contribution < 1.29 is 23.9 Å². The van der Waals surface area contributed by atoms with Gasteiger partial charge in [-0.15, -0.1) is 0 Å². The Balaban J connectivity index is 3.84. The molecule has 1 unspecified atom stereocenters. The molecule has 0 amide bonds. The van der Waals surface area contributed by atoms with E-state index in [-0.39, 0.29) is 6.61 Å². The van der Waals surface area contributed by atoms with Crippen molar-refractivity contribution in [2.75, 3.05) is 6.61 Å². The van der Waals surface area contributed by atoms with E-state index in [9.17, 15) is 9.36 Å². The maximum Gasteiger partial charge on any atom is 0.394 e. The fourth-order valence-corrected chi connectivity index (χ4v) is 3.94. The lowest BCUT2D eigenvalue weighted by molar-refractivity contribution is -0.141.